The number of hydrogen-bond acceptors (Lipinski definition) is 4. The second-order valence-electron chi connectivity index (χ2n) is 5.42. The van der Waals surface area contributed by atoms with Gasteiger partial charge in [-0.2, -0.15) is 0 Å². The second kappa shape index (κ2) is 7.87. The molecule has 1 atom stereocenters. The van der Waals surface area contributed by atoms with E-state index < -0.39 is 5.60 Å². The van der Waals surface area contributed by atoms with Crippen LogP contribution in [0.25, 0.3) is 0 Å². The molecule has 0 saturated carbocycles. The first kappa shape index (κ1) is 16.5. The Bertz CT molecular complexity index is 405. The molecule has 0 fully saturated rings. The quantitative estimate of drug-likeness (QED) is 0.742. The number of benzene rings is 1. The summed E-state index contributed by atoms with van der Waals surface area (Å²) in [6.07, 6.45) is 0.271. The zero-order valence-corrected chi connectivity index (χ0v) is 12.4. The molecule has 1 aromatic carbocycles. The molecule has 0 aliphatic heterocycles. The Morgan fingerprint density at radius 1 is 1.35 bits per heavy atom. The topological polar surface area (TPSA) is 61.8 Å². The monoisotopic (exact) mass is 280 g/mol. The predicted octanol–water partition coefficient (Wildman–Crippen LogP) is 0.884. The minimum atomic E-state index is -0.931. The Hall–Kier alpha value is -1.59. The van der Waals surface area contributed by atoms with Gasteiger partial charge in [0.1, 0.15) is 5.75 Å². The predicted molar refractivity (Wildman–Crippen MR) is 78.7 cm³/mol. The van der Waals surface area contributed by atoms with E-state index in [0.717, 1.165) is 5.75 Å². The third-order valence-corrected chi connectivity index (χ3v) is 2.66. The normalized spacial score (nSPS) is 13.8. The van der Waals surface area contributed by atoms with Gasteiger partial charge in [-0.1, -0.05) is 18.2 Å². The van der Waals surface area contributed by atoms with Crippen molar-refractivity contribution in [3.63, 3.8) is 0 Å². The summed E-state index contributed by atoms with van der Waals surface area (Å²) in [4.78, 5) is 13.5. The average molecular weight is 280 g/mol. The molecule has 1 unspecified atom stereocenters. The highest BCUT2D eigenvalue weighted by Crippen LogP contribution is 2.08. The van der Waals surface area contributed by atoms with Gasteiger partial charge in [-0.3, -0.25) is 4.79 Å². The van der Waals surface area contributed by atoms with E-state index in [0.29, 0.717) is 13.2 Å². The highest BCUT2D eigenvalue weighted by atomic mass is 16.5. The lowest BCUT2D eigenvalue weighted by molar-refractivity contribution is -0.122. The van der Waals surface area contributed by atoms with Crippen LogP contribution in [0.1, 0.15) is 13.3 Å². The van der Waals surface area contributed by atoms with Crippen LogP contribution >= 0.6 is 0 Å². The Morgan fingerprint density at radius 3 is 2.60 bits per heavy atom. The number of ether oxygens (including phenoxy) is 1. The van der Waals surface area contributed by atoms with Crippen molar-refractivity contribution < 1.29 is 14.6 Å². The maximum absolute atomic E-state index is 11.6. The van der Waals surface area contributed by atoms with E-state index in [1.54, 1.807) is 6.92 Å². The van der Waals surface area contributed by atoms with Gasteiger partial charge in [0.05, 0.1) is 18.6 Å². The first-order valence-corrected chi connectivity index (χ1v) is 6.71. The van der Waals surface area contributed by atoms with Gasteiger partial charge in [0.25, 0.3) is 0 Å². The zero-order valence-electron chi connectivity index (χ0n) is 12.4. The molecule has 0 radical (unpaired) electrons. The molecule has 1 aromatic rings. The molecule has 0 saturated heterocycles. The number of carbonyl (C=O) groups excluding carboxylic acids is 1. The van der Waals surface area contributed by atoms with Crippen LogP contribution < -0.4 is 10.1 Å². The van der Waals surface area contributed by atoms with Crippen molar-refractivity contribution in [2.45, 2.75) is 18.9 Å². The van der Waals surface area contributed by atoms with Crippen LogP contribution in [0.3, 0.4) is 0 Å². The Balaban J connectivity index is 2.20. The van der Waals surface area contributed by atoms with Crippen molar-refractivity contribution in [2.24, 2.45) is 0 Å². The van der Waals surface area contributed by atoms with Crippen molar-refractivity contribution in [1.29, 1.82) is 0 Å². The molecule has 0 spiro atoms. The van der Waals surface area contributed by atoms with Crippen molar-refractivity contribution in [1.82, 2.24) is 10.2 Å². The summed E-state index contributed by atoms with van der Waals surface area (Å²) < 4.78 is 5.44. The molecular formula is C15H24N2O3. The van der Waals surface area contributed by atoms with Crippen molar-refractivity contribution in [3.8, 4) is 5.75 Å². The first-order valence-electron chi connectivity index (χ1n) is 6.71. The number of para-hydroxylation sites is 1. The average Bonchev–Trinajstić information content (AvgIpc) is 2.36. The molecule has 2 N–H and O–H groups in total. The van der Waals surface area contributed by atoms with Gasteiger partial charge in [-0.25, -0.2) is 0 Å². The summed E-state index contributed by atoms with van der Waals surface area (Å²) in [5, 5.41) is 12.8. The van der Waals surface area contributed by atoms with Crippen LogP contribution in [0.5, 0.6) is 5.75 Å². The fourth-order valence-corrected chi connectivity index (χ4v) is 1.89. The SMILES string of the molecule is CN(C)CC(C)(O)CNC(=O)CCOc1ccccc1. The van der Waals surface area contributed by atoms with Crippen LogP contribution in [0.15, 0.2) is 30.3 Å². The van der Waals surface area contributed by atoms with E-state index in [9.17, 15) is 9.90 Å². The molecule has 0 aliphatic rings. The lowest BCUT2D eigenvalue weighted by Crippen LogP contribution is -2.47. The number of carbonyl (C=O) groups is 1. The smallest absolute Gasteiger partial charge is 0.223 e. The summed E-state index contributed by atoms with van der Waals surface area (Å²) in [5.74, 6) is 0.625. The number of rotatable bonds is 8. The van der Waals surface area contributed by atoms with E-state index in [-0.39, 0.29) is 18.9 Å². The van der Waals surface area contributed by atoms with Crippen LogP contribution in [-0.2, 0) is 4.79 Å². The van der Waals surface area contributed by atoms with Crippen molar-refractivity contribution in [3.05, 3.63) is 30.3 Å². The molecule has 5 heteroatoms. The van der Waals surface area contributed by atoms with Crippen LogP contribution in [0.2, 0.25) is 0 Å². The van der Waals surface area contributed by atoms with Gasteiger partial charge in [-0.05, 0) is 33.2 Å². The van der Waals surface area contributed by atoms with Crippen LogP contribution in [0, 0.1) is 0 Å². The lowest BCUT2D eigenvalue weighted by atomic mass is 10.1. The van der Waals surface area contributed by atoms with Gasteiger partial charge in [0, 0.05) is 13.1 Å². The van der Waals surface area contributed by atoms with Gasteiger partial charge in [0.15, 0.2) is 0 Å². The highest BCUT2D eigenvalue weighted by Gasteiger charge is 2.21. The number of nitrogens with zero attached hydrogens (tertiary/aromatic N) is 1. The maximum atomic E-state index is 11.6. The molecule has 0 aliphatic carbocycles. The lowest BCUT2D eigenvalue weighted by Gasteiger charge is -2.27. The third-order valence-electron chi connectivity index (χ3n) is 2.66. The maximum Gasteiger partial charge on any atom is 0.223 e. The minimum absolute atomic E-state index is 0.125. The molecule has 0 bridgehead atoms. The summed E-state index contributed by atoms with van der Waals surface area (Å²) in [7, 11) is 3.76. The van der Waals surface area contributed by atoms with Gasteiger partial charge < -0.3 is 20.1 Å². The fourth-order valence-electron chi connectivity index (χ4n) is 1.89. The minimum Gasteiger partial charge on any atom is -0.493 e. The van der Waals surface area contributed by atoms with E-state index >= 15 is 0 Å². The molecule has 1 rings (SSSR count). The van der Waals surface area contributed by atoms with Gasteiger partial charge >= 0.3 is 0 Å². The fraction of sp³-hybridized carbons (Fsp3) is 0.533. The molecule has 112 valence electrons. The molecule has 0 heterocycles. The third kappa shape index (κ3) is 7.11. The number of nitrogens with one attached hydrogen (secondary N) is 1. The van der Waals surface area contributed by atoms with Crippen molar-refractivity contribution >= 4 is 5.91 Å². The molecule has 5 nitrogen and oxygen atoms in total. The van der Waals surface area contributed by atoms with Gasteiger partial charge in [0.2, 0.25) is 5.91 Å². The summed E-state index contributed by atoms with van der Waals surface area (Å²) in [6, 6.07) is 9.37. The Kier molecular flexibility index (Phi) is 6.48. The van der Waals surface area contributed by atoms with Crippen LogP contribution in [-0.4, -0.2) is 55.3 Å². The number of amides is 1. The Labute approximate surface area is 120 Å². The van der Waals surface area contributed by atoms with Gasteiger partial charge in [-0.15, -0.1) is 0 Å². The molecule has 20 heavy (non-hydrogen) atoms. The zero-order chi connectivity index (χ0) is 15.0. The molecular weight excluding hydrogens is 256 g/mol. The van der Waals surface area contributed by atoms with Crippen LogP contribution in [0.4, 0.5) is 0 Å². The molecule has 0 aromatic heterocycles. The standard InChI is InChI=1S/C15H24N2O3/c1-15(19,12-17(2)3)11-16-14(18)9-10-20-13-7-5-4-6-8-13/h4-8,19H,9-12H2,1-3H3,(H,16,18). The first-order chi connectivity index (χ1) is 9.39. The van der Waals surface area contributed by atoms with E-state index in [1.165, 1.54) is 0 Å². The number of likely N-dealkylation sites (N-methyl/N-ethyl adjacent to an activating group) is 1. The summed E-state index contributed by atoms with van der Waals surface area (Å²) in [5.41, 5.74) is -0.931. The second-order valence-corrected chi connectivity index (χ2v) is 5.42. The number of hydrogen-bond donors (Lipinski definition) is 2. The van der Waals surface area contributed by atoms with E-state index in [2.05, 4.69) is 5.32 Å². The molecule has 1 amide bonds. The number of aliphatic hydroxyl groups is 1. The highest BCUT2D eigenvalue weighted by molar-refractivity contribution is 5.76. The largest absolute Gasteiger partial charge is 0.493 e. The Morgan fingerprint density at radius 2 is 2.00 bits per heavy atom. The van der Waals surface area contributed by atoms with E-state index in [1.807, 2.05) is 49.3 Å². The van der Waals surface area contributed by atoms with Crippen molar-refractivity contribution in [2.75, 3.05) is 33.8 Å². The summed E-state index contributed by atoms with van der Waals surface area (Å²) >= 11 is 0. The van der Waals surface area contributed by atoms with E-state index in [4.69, 9.17) is 4.74 Å². The summed E-state index contributed by atoms with van der Waals surface area (Å²) in [6.45, 7) is 2.75.